The first-order chi connectivity index (χ1) is 9.47. The molecule has 0 aromatic heterocycles. The Morgan fingerprint density at radius 3 is 2.45 bits per heavy atom. The minimum atomic E-state index is 0.0693. The largest absolute Gasteiger partial charge is 0.304 e. The number of ketones is 1. The predicted molar refractivity (Wildman–Crippen MR) is 83.3 cm³/mol. The number of aryl methyl sites for hydroxylation is 2. The lowest BCUT2D eigenvalue weighted by Crippen LogP contribution is -2.46. The van der Waals surface area contributed by atoms with Crippen molar-refractivity contribution in [2.24, 2.45) is 5.92 Å². The maximum Gasteiger partial charge on any atom is 0.167 e. The highest BCUT2D eigenvalue weighted by Gasteiger charge is 2.22. The minimum absolute atomic E-state index is 0.0693. The lowest BCUT2D eigenvalue weighted by atomic mass is 9.94. The lowest BCUT2D eigenvalue weighted by Gasteiger charge is -2.33. The van der Waals surface area contributed by atoms with E-state index < -0.39 is 0 Å². The summed E-state index contributed by atoms with van der Waals surface area (Å²) in [5, 5.41) is 0. The van der Waals surface area contributed by atoms with Gasteiger partial charge in [0.25, 0.3) is 0 Å². The molecule has 1 saturated heterocycles. The van der Waals surface area contributed by atoms with Crippen LogP contribution in [-0.2, 0) is 0 Å². The third-order valence-corrected chi connectivity index (χ3v) is 4.22. The molecular formula is C17H26N2O. The first-order valence-corrected chi connectivity index (χ1v) is 7.49. The van der Waals surface area contributed by atoms with E-state index in [1.54, 1.807) is 0 Å². The van der Waals surface area contributed by atoms with Crippen LogP contribution in [0.25, 0.3) is 0 Å². The number of benzene rings is 1. The lowest BCUT2D eigenvalue weighted by molar-refractivity contribution is 0.0854. The van der Waals surface area contributed by atoms with Crippen molar-refractivity contribution in [3.63, 3.8) is 0 Å². The minimum Gasteiger partial charge on any atom is -0.304 e. The van der Waals surface area contributed by atoms with Gasteiger partial charge in [-0.15, -0.1) is 0 Å². The Kier molecular flexibility index (Phi) is 4.95. The first-order valence-electron chi connectivity index (χ1n) is 7.49. The predicted octanol–water partition coefficient (Wildman–Crippen LogP) is 2.37. The van der Waals surface area contributed by atoms with Gasteiger partial charge in [0.05, 0.1) is 0 Å². The summed E-state index contributed by atoms with van der Waals surface area (Å²) in [5.74, 6) is 0.348. The molecule has 1 aliphatic rings. The molecule has 1 atom stereocenters. The van der Waals surface area contributed by atoms with Gasteiger partial charge in [-0.05, 0) is 26.5 Å². The van der Waals surface area contributed by atoms with E-state index in [2.05, 4.69) is 36.8 Å². The maximum absolute atomic E-state index is 12.6. The fourth-order valence-electron chi connectivity index (χ4n) is 2.86. The van der Waals surface area contributed by atoms with Gasteiger partial charge in [0.1, 0.15) is 0 Å². The molecule has 1 fully saturated rings. The van der Waals surface area contributed by atoms with Crippen LogP contribution in [0.4, 0.5) is 0 Å². The van der Waals surface area contributed by atoms with Gasteiger partial charge in [0.15, 0.2) is 5.78 Å². The molecule has 110 valence electrons. The number of likely N-dealkylation sites (N-methyl/N-ethyl adjacent to an activating group) is 1. The Bertz CT molecular complexity index is 476. The van der Waals surface area contributed by atoms with Crippen molar-refractivity contribution in [3.8, 4) is 0 Å². The van der Waals surface area contributed by atoms with Crippen molar-refractivity contribution < 1.29 is 4.79 Å². The van der Waals surface area contributed by atoms with Crippen molar-refractivity contribution in [1.82, 2.24) is 9.80 Å². The highest BCUT2D eigenvalue weighted by molar-refractivity contribution is 5.99. The van der Waals surface area contributed by atoms with E-state index in [9.17, 15) is 4.79 Å². The number of hydrogen-bond donors (Lipinski definition) is 0. The van der Waals surface area contributed by atoms with Crippen LogP contribution in [-0.4, -0.2) is 55.4 Å². The molecule has 1 aliphatic heterocycles. The first kappa shape index (κ1) is 15.2. The van der Waals surface area contributed by atoms with Gasteiger partial charge < -0.3 is 9.80 Å². The summed E-state index contributed by atoms with van der Waals surface area (Å²) < 4.78 is 0. The fourth-order valence-corrected chi connectivity index (χ4v) is 2.86. The molecule has 0 aliphatic carbocycles. The highest BCUT2D eigenvalue weighted by atomic mass is 16.1. The molecule has 3 nitrogen and oxygen atoms in total. The number of carbonyl (C=O) groups is 1. The Balaban J connectivity index is 1.98. The van der Waals surface area contributed by atoms with Crippen LogP contribution < -0.4 is 0 Å². The van der Waals surface area contributed by atoms with Crippen LogP contribution >= 0.6 is 0 Å². The Labute approximate surface area is 122 Å². The fraction of sp³-hybridized carbons (Fsp3) is 0.588. The van der Waals surface area contributed by atoms with Gasteiger partial charge in [-0.1, -0.05) is 30.7 Å². The molecule has 2 rings (SSSR count). The number of piperazine rings is 1. The second kappa shape index (κ2) is 6.51. The van der Waals surface area contributed by atoms with Crippen LogP contribution in [0, 0.1) is 19.8 Å². The van der Waals surface area contributed by atoms with Crippen molar-refractivity contribution in [2.75, 3.05) is 39.8 Å². The Morgan fingerprint density at radius 1 is 1.20 bits per heavy atom. The summed E-state index contributed by atoms with van der Waals surface area (Å²) in [4.78, 5) is 17.3. The highest BCUT2D eigenvalue weighted by Crippen LogP contribution is 2.16. The van der Waals surface area contributed by atoms with Gasteiger partial charge in [-0.2, -0.15) is 0 Å². The summed E-state index contributed by atoms with van der Waals surface area (Å²) in [6, 6.07) is 6.10. The van der Waals surface area contributed by atoms with Crippen molar-refractivity contribution in [3.05, 3.63) is 34.9 Å². The molecule has 1 aromatic carbocycles. The van der Waals surface area contributed by atoms with Crippen LogP contribution in [0.2, 0.25) is 0 Å². The third kappa shape index (κ3) is 3.68. The average molecular weight is 274 g/mol. The van der Waals surface area contributed by atoms with Crippen LogP contribution in [0.1, 0.15) is 28.4 Å². The number of carbonyl (C=O) groups excluding carboxylic acids is 1. The zero-order valence-corrected chi connectivity index (χ0v) is 13.1. The number of rotatable bonds is 4. The van der Waals surface area contributed by atoms with E-state index in [0.717, 1.165) is 43.9 Å². The SMILES string of the molecule is Cc1ccc(C(=O)C(C)CN2CCN(C)CC2)c(C)c1. The average Bonchev–Trinajstić information content (AvgIpc) is 2.40. The third-order valence-electron chi connectivity index (χ3n) is 4.22. The molecule has 0 saturated carbocycles. The van der Waals surface area contributed by atoms with Crippen molar-refractivity contribution in [2.45, 2.75) is 20.8 Å². The van der Waals surface area contributed by atoms with E-state index >= 15 is 0 Å². The van der Waals surface area contributed by atoms with E-state index in [1.165, 1.54) is 5.56 Å². The zero-order valence-electron chi connectivity index (χ0n) is 13.1. The quantitative estimate of drug-likeness (QED) is 0.788. The van der Waals surface area contributed by atoms with Crippen molar-refractivity contribution in [1.29, 1.82) is 0 Å². The second-order valence-electron chi connectivity index (χ2n) is 6.19. The van der Waals surface area contributed by atoms with Crippen LogP contribution in [0.5, 0.6) is 0 Å². The van der Waals surface area contributed by atoms with Gasteiger partial charge in [0.2, 0.25) is 0 Å². The van der Waals surface area contributed by atoms with Crippen LogP contribution in [0.3, 0.4) is 0 Å². The van der Waals surface area contributed by atoms with E-state index in [0.29, 0.717) is 0 Å². The van der Waals surface area contributed by atoms with E-state index in [4.69, 9.17) is 0 Å². The van der Waals surface area contributed by atoms with Crippen molar-refractivity contribution >= 4 is 5.78 Å². The Morgan fingerprint density at radius 2 is 1.85 bits per heavy atom. The van der Waals surface area contributed by atoms with E-state index in [-0.39, 0.29) is 11.7 Å². The summed E-state index contributed by atoms with van der Waals surface area (Å²) >= 11 is 0. The topological polar surface area (TPSA) is 23.6 Å². The van der Waals surface area contributed by atoms with Gasteiger partial charge in [-0.3, -0.25) is 4.79 Å². The molecule has 20 heavy (non-hydrogen) atoms. The monoisotopic (exact) mass is 274 g/mol. The van der Waals surface area contributed by atoms with Gasteiger partial charge >= 0.3 is 0 Å². The molecule has 0 amide bonds. The molecule has 0 N–H and O–H groups in total. The summed E-state index contributed by atoms with van der Waals surface area (Å²) in [6.07, 6.45) is 0. The molecule has 0 bridgehead atoms. The van der Waals surface area contributed by atoms with Crippen LogP contribution in [0.15, 0.2) is 18.2 Å². The summed E-state index contributed by atoms with van der Waals surface area (Å²) in [6.45, 7) is 11.4. The zero-order chi connectivity index (χ0) is 14.7. The molecule has 0 radical (unpaired) electrons. The van der Waals surface area contributed by atoms with Gasteiger partial charge in [0, 0.05) is 44.2 Å². The number of hydrogen-bond acceptors (Lipinski definition) is 3. The maximum atomic E-state index is 12.6. The van der Waals surface area contributed by atoms with Gasteiger partial charge in [-0.25, -0.2) is 0 Å². The number of Topliss-reactive ketones (excluding diaryl/α,β-unsaturated/α-hetero) is 1. The molecule has 1 unspecified atom stereocenters. The second-order valence-corrected chi connectivity index (χ2v) is 6.19. The normalized spacial score (nSPS) is 19.0. The summed E-state index contributed by atoms with van der Waals surface area (Å²) in [5.41, 5.74) is 3.20. The molecule has 1 heterocycles. The smallest absolute Gasteiger partial charge is 0.167 e. The summed E-state index contributed by atoms with van der Waals surface area (Å²) in [7, 11) is 2.15. The van der Waals surface area contributed by atoms with E-state index in [1.807, 2.05) is 19.1 Å². The Hall–Kier alpha value is -1.19. The standard InChI is InChI=1S/C17H26N2O/c1-13-5-6-16(14(2)11-13)17(20)15(3)12-19-9-7-18(4)8-10-19/h5-6,11,15H,7-10,12H2,1-4H3. The number of nitrogens with zero attached hydrogens (tertiary/aromatic N) is 2. The molecular weight excluding hydrogens is 248 g/mol. The molecule has 3 heteroatoms. The molecule has 1 aromatic rings. The molecule has 0 spiro atoms.